The van der Waals surface area contributed by atoms with Gasteiger partial charge in [0.25, 0.3) is 5.91 Å². The number of carbonyl (C=O) groups is 1. The standard InChI is InChI=1S/C13H11ClN2O2/c1-8-10(14)3-2-4-11(8)16-13(18)12-7-9(17)5-6-15-12/h2-7H,1H3,(H,15,17)(H,16,18). The summed E-state index contributed by atoms with van der Waals surface area (Å²) in [6.07, 6.45) is 1.43. The number of hydrogen-bond acceptors (Lipinski definition) is 2. The van der Waals surface area contributed by atoms with Crippen LogP contribution in [0.15, 0.2) is 41.3 Å². The molecule has 4 nitrogen and oxygen atoms in total. The van der Waals surface area contributed by atoms with Crippen LogP contribution in [0, 0.1) is 6.92 Å². The minimum atomic E-state index is -0.377. The van der Waals surface area contributed by atoms with Gasteiger partial charge in [-0.2, -0.15) is 0 Å². The number of H-pyrrole nitrogens is 1. The molecular weight excluding hydrogens is 252 g/mol. The second-order valence-corrected chi connectivity index (χ2v) is 4.21. The number of aromatic amines is 1. The molecule has 0 unspecified atom stereocenters. The first-order chi connectivity index (χ1) is 8.58. The van der Waals surface area contributed by atoms with Gasteiger partial charge >= 0.3 is 0 Å². The second-order valence-electron chi connectivity index (χ2n) is 3.80. The smallest absolute Gasteiger partial charge is 0.272 e. The van der Waals surface area contributed by atoms with Gasteiger partial charge in [0, 0.05) is 29.0 Å². The fourth-order valence-electron chi connectivity index (χ4n) is 1.51. The fraction of sp³-hybridized carbons (Fsp3) is 0.0769. The predicted molar refractivity (Wildman–Crippen MR) is 71.2 cm³/mol. The number of halogens is 1. The molecule has 0 saturated carbocycles. The van der Waals surface area contributed by atoms with Crippen molar-refractivity contribution in [3.8, 4) is 0 Å². The summed E-state index contributed by atoms with van der Waals surface area (Å²) in [5, 5.41) is 3.28. The lowest BCUT2D eigenvalue weighted by atomic mass is 10.2. The summed E-state index contributed by atoms with van der Waals surface area (Å²) in [5.41, 5.74) is 1.39. The first-order valence-electron chi connectivity index (χ1n) is 5.33. The minimum absolute atomic E-state index is 0.210. The summed E-state index contributed by atoms with van der Waals surface area (Å²) in [6.45, 7) is 1.81. The van der Waals surface area contributed by atoms with Crippen molar-refractivity contribution in [2.75, 3.05) is 5.32 Å². The minimum Gasteiger partial charge on any atom is -0.357 e. The van der Waals surface area contributed by atoms with E-state index in [1.54, 1.807) is 18.2 Å². The van der Waals surface area contributed by atoms with Crippen LogP contribution >= 0.6 is 11.6 Å². The van der Waals surface area contributed by atoms with E-state index in [1.165, 1.54) is 18.3 Å². The molecule has 1 aromatic heterocycles. The number of hydrogen-bond donors (Lipinski definition) is 2. The van der Waals surface area contributed by atoms with Crippen molar-refractivity contribution in [2.24, 2.45) is 0 Å². The average Bonchev–Trinajstić information content (AvgIpc) is 2.35. The van der Waals surface area contributed by atoms with E-state index in [9.17, 15) is 9.59 Å². The van der Waals surface area contributed by atoms with Crippen LogP contribution in [0.2, 0.25) is 5.02 Å². The molecule has 5 heteroatoms. The van der Waals surface area contributed by atoms with Gasteiger partial charge in [0.05, 0.1) is 0 Å². The Morgan fingerprint density at radius 2 is 2.11 bits per heavy atom. The Bertz CT molecular complexity index is 649. The lowest BCUT2D eigenvalue weighted by Gasteiger charge is -2.09. The Hall–Kier alpha value is -2.07. The van der Waals surface area contributed by atoms with Gasteiger partial charge in [0.1, 0.15) is 5.69 Å². The van der Waals surface area contributed by atoms with E-state index in [2.05, 4.69) is 10.3 Å². The van der Waals surface area contributed by atoms with E-state index in [4.69, 9.17) is 11.6 Å². The van der Waals surface area contributed by atoms with Gasteiger partial charge in [-0.15, -0.1) is 0 Å². The highest BCUT2D eigenvalue weighted by molar-refractivity contribution is 6.31. The molecule has 0 aliphatic heterocycles. The molecule has 1 amide bonds. The van der Waals surface area contributed by atoms with Crippen LogP contribution in [-0.4, -0.2) is 10.9 Å². The highest BCUT2D eigenvalue weighted by atomic mass is 35.5. The first-order valence-corrected chi connectivity index (χ1v) is 5.71. The number of aromatic nitrogens is 1. The van der Waals surface area contributed by atoms with Gasteiger partial charge in [-0.25, -0.2) is 0 Å². The van der Waals surface area contributed by atoms with E-state index in [-0.39, 0.29) is 17.0 Å². The third-order valence-electron chi connectivity index (χ3n) is 2.53. The zero-order chi connectivity index (χ0) is 13.1. The maximum atomic E-state index is 11.9. The zero-order valence-electron chi connectivity index (χ0n) is 9.66. The number of nitrogens with one attached hydrogen (secondary N) is 2. The van der Waals surface area contributed by atoms with Crippen molar-refractivity contribution in [2.45, 2.75) is 6.92 Å². The van der Waals surface area contributed by atoms with Gasteiger partial charge in [-0.1, -0.05) is 17.7 Å². The molecule has 1 heterocycles. The first kappa shape index (κ1) is 12.4. The predicted octanol–water partition coefficient (Wildman–Crippen LogP) is 2.59. The molecule has 18 heavy (non-hydrogen) atoms. The summed E-state index contributed by atoms with van der Waals surface area (Å²) in [7, 11) is 0. The summed E-state index contributed by atoms with van der Waals surface area (Å²) < 4.78 is 0. The monoisotopic (exact) mass is 262 g/mol. The van der Waals surface area contributed by atoms with Crippen molar-refractivity contribution in [3.05, 3.63) is 63.0 Å². The fourth-order valence-corrected chi connectivity index (χ4v) is 1.68. The van der Waals surface area contributed by atoms with Crippen molar-refractivity contribution in [3.63, 3.8) is 0 Å². The summed E-state index contributed by atoms with van der Waals surface area (Å²) in [5.74, 6) is -0.377. The molecule has 1 aromatic carbocycles. The molecule has 0 aliphatic carbocycles. The van der Waals surface area contributed by atoms with Crippen LogP contribution in [0.5, 0.6) is 0 Å². The summed E-state index contributed by atoms with van der Waals surface area (Å²) >= 11 is 5.96. The molecule has 2 N–H and O–H groups in total. The normalized spacial score (nSPS) is 10.1. The number of rotatable bonds is 2. The molecule has 0 spiro atoms. The molecular formula is C13H11ClN2O2. The van der Waals surface area contributed by atoms with Gasteiger partial charge in [-0.3, -0.25) is 9.59 Å². The number of benzene rings is 1. The van der Waals surface area contributed by atoms with Crippen LogP contribution < -0.4 is 10.7 Å². The topological polar surface area (TPSA) is 62.0 Å². The summed E-state index contributed by atoms with van der Waals surface area (Å²) in [4.78, 5) is 25.8. The number of anilines is 1. The molecule has 0 atom stereocenters. The lowest BCUT2D eigenvalue weighted by molar-refractivity contribution is 0.102. The molecule has 0 radical (unpaired) electrons. The van der Waals surface area contributed by atoms with Gasteiger partial charge in [-0.05, 0) is 24.6 Å². The van der Waals surface area contributed by atoms with Crippen LogP contribution in [0.25, 0.3) is 0 Å². The third kappa shape index (κ3) is 2.60. The van der Waals surface area contributed by atoms with E-state index >= 15 is 0 Å². The Kier molecular flexibility index (Phi) is 3.48. The largest absolute Gasteiger partial charge is 0.357 e. The Morgan fingerprint density at radius 1 is 1.33 bits per heavy atom. The molecule has 0 aliphatic rings. The SMILES string of the molecule is Cc1c(Cl)cccc1NC(=O)c1cc(=O)cc[nH]1. The summed E-state index contributed by atoms with van der Waals surface area (Å²) in [6, 6.07) is 7.84. The molecule has 0 fully saturated rings. The highest BCUT2D eigenvalue weighted by Gasteiger charge is 2.09. The molecule has 2 rings (SSSR count). The van der Waals surface area contributed by atoms with E-state index < -0.39 is 0 Å². The van der Waals surface area contributed by atoms with Crippen LogP contribution in [0.1, 0.15) is 16.1 Å². The van der Waals surface area contributed by atoms with Crippen molar-refractivity contribution in [1.29, 1.82) is 0 Å². The Balaban J connectivity index is 2.27. The number of pyridine rings is 1. The van der Waals surface area contributed by atoms with Crippen LogP contribution in [-0.2, 0) is 0 Å². The van der Waals surface area contributed by atoms with Crippen molar-refractivity contribution >= 4 is 23.2 Å². The van der Waals surface area contributed by atoms with E-state index in [0.29, 0.717) is 10.7 Å². The molecule has 2 aromatic rings. The number of carbonyl (C=O) groups excluding carboxylic acids is 1. The second kappa shape index (κ2) is 5.06. The quantitative estimate of drug-likeness (QED) is 0.874. The lowest BCUT2D eigenvalue weighted by Crippen LogP contribution is -2.16. The van der Waals surface area contributed by atoms with Crippen molar-refractivity contribution in [1.82, 2.24) is 4.98 Å². The van der Waals surface area contributed by atoms with Gasteiger partial charge in [0.15, 0.2) is 5.43 Å². The van der Waals surface area contributed by atoms with E-state index in [0.717, 1.165) is 5.56 Å². The Labute approximate surface area is 109 Å². The van der Waals surface area contributed by atoms with Crippen LogP contribution in [0.3, 0.4) is 0 Å². The zero-order valence-corrected chi connectivity index (χ0v) is 10.4. The molecule has 0 saturated heterocycles. The average molecular weight is 263 g/mol. The maximum Gasteiger partial charge on any atom is 0.272 e. The molecule has 92 valence electrons. The van der Waals surface area contributed by atoms with Gasteiger partial charge < -0.3 is 10.3 Å². The van der Waals surface area contributed by atoms with Crippen molar-refractivity contribution < 1.29 is 4.79 Å². The van der Waals surface area contributed by atoms with E-state index in [1.807, 2.05) is 6.92 Å². The maximum absolute atomic E-state index is 11.9. The van der Waals surface area contributed by atoms with Gasteiger partial charge in [0.2, 0.25) is 0 Å². The third-order valence-corrected chi connectivity index (χ3v) is 2.94. The Morgan fingerprint density at radius 3 is 2.83 bits per heavy atom. The molecule has 0 bridgehead atoms. The highest BCUT2D eigenvalue weighted by Crippen LogP contribution is 2.23. The van der Waals surface area contributed by atoms with Crippen LogP contribution in [0.4, 0.5) is 5.69 Å². The number of amides is 1.